The molecule has 0 spiro atoms. The Morgan fingerprint density at radius 2 is 2.15 bits per heavy atom. The quantitative estimate of drug-likeness (QED) is 0.756. The number of piperidine rings is 1. The molecule has 4 heterocycles. The van der Waals surface area contributed by atoms with Crippen LogP contribution < -0.4 is 5.32 Å². The van der Waals surface area contributed by atoms with Crippen molar-refractivity contribution in [2.45, 2.75) is 37.8 Å². The third-order valence-corrected chi connectivity index (χ3v) is 5.72. The molecule has 5 rings (SSSR count). The highest BCUT2D eigenvalue weighted by Gasteiger charge is 2.41. The summed E-state index contributed by atoms with van der Waals surface area (Å²) in [5, 5.41) is 16.1. The molecule has 1 saturated carbocycles. The standard InChI is InChI=1S/C18H24N8/c1-24-15(6-7-22-24)16-13(3-2-9-26(16)14-4-5-14)11-20-17-18-23-21-12-25(18)10-8-19-17/h6-8,10,12-14,16H,2-5,9,11H2,1H3,(H,19,20)/t13-,16+/m0/s1. The Labute approximate surface area is 152 Å². The van der Waals surface area contributed by atoms with Crippen LogP contribution in [0.4, 0.5) is 5.82 Å². The number of anilines is 1. The van der Waals surface area contributed by atoms with Crippen LogP contribution in [-0.4, -0.2) is 53.4 Å². The summed E-state index contributed by atoms with van der Waals surface area (Å²) >= 11 is 0. The van der Waals surface area contributed by atoms with Gasteiger partial charge in [0.1, 0.15) is 6.33 Å². The lowest BCUT2D eigenvalue weighted by atomic mass is 9.86. The third-order valence-electron chi connectivity index (χ3n) is 5.72. The second-order valence-corrected chi connectivity index (χ2v) is 7.41. The highest BCUT2D eigenvalue weighted by Crippen LogP contribution is 2.42. The number of aryl methyl sites for hydroxylation is 1. The summed E-state index contributed by atoms with van der Waals surface area (Å²) in [4.78, 5) is 7.18. The zero-order chi connectivity index (χ0) is 17.5. The zero-order valence-corrected chi connectivity index (χ0v) is 15.0. The number of aromatic nitrogens is 6. The number of likely N-dealkylation sites (tertiary alicyclic amines) is 1. The van der Waals surface area contributed by atoms with Gasteiger partial charge in [-0.15, -0.1) is 10.2 Å². The number of hydrogen-bond acceptors (Lipinski definition) is 6. The van der Waals surface area contributed by atoms with Gasteiger partial charge in [-0.2, -0.15) is 5.10 Å². The molecule has 0 bridgehead atoms. The van der Waals surface area contributed by atoms with E-state index in [-0.39, 0.29) is 0 Å². The van der Waals surface area contributed by atoms with Gasteiger partial charge < -0.3 is 5.32 Å². The van der Waals surface area contributed by atoms with Gasteiger partial charge in [0.05, 0.1) is 11.7 Å². The Kier molecular flexibility index (Phi) is 3.85. The van der Waals surface area contributed by atoms with Gasteiger partial charge in [-0.1, -0.05) is 0 Å². The van der Waals surface area contributed by atoms with Gasteiger partial charge in [-0.05, 0) is 44.2 Å². The minimum absolute atomic E-state index is 0.411. The third kappa shape index (κ3) is 2.74. The van der Waals surface area contributed by atoms with Gasteiger partial charge >= 0.3 is 0 Å². The second-order valence-electron chi connectivity index (χ2n) is 7.41. The molecule has 136 valence electrons. The van der Waals surface area contributed by atoms with Crippen molar-refractivity contribution in [3.8, 4) is 0 Å². The first-order chi connectivity index (χ1) is 12.8. The minimum atomic E-state index is 0.411. The number of nitrogens with zero attached hydrogens (tertiary/aromatic N) is 7. The largest absolute Gasteiger partial charge is 0.367 e. The topological polar surface area (TPSA) is 76.2 Å². The molecule has 0 aromatic carbocycles. The number of nitrogens with one attached hydrogen (secondary N) is 1. The maximum Gasteiger partial charge on any atom is 0.203 e. The normalized spacial score (nSPS) is 24.2. The van der Waals surface area contributed by atoms with Crippen LogP contribution >= 0.6 is 0 Å². The Balaban J connectivity index is 1.40. The van der Waals surface area contributed by atoms with Crippen LogP contribution in [0.25, 0.3) is 5.65 Å². The van der Waals surface area contributed by atoms with Crippen molar-refractivity contribution < 1.29 is 0 Å². The monoisotopic (exact) mass is 352 g/mol. The fraction of sp³-hybridized carbons (Fsp3) is 0.556. The smallest absolute Gasteiger partial charge is 0.203 e. The van der Waals surface area contributed by atoms with Gasteiger partial charge in [-0.25, -0.2) is 4.98 Å². The van der Waals surface area contributed by atoms with E-state index in [2.05, 4.69) is 43.6 Å². The van der Waals surface area contributed by atoms with Crippen LogP contribution in [-0.2, 0) is 7.05 Å². The molecule has 8 heteroatoms. The van der Waals surface area contributed by atoms with Crippen LogP contribution in [0.1, 0.15) is 37.4 Å². The fourth-order valence-corrected chi connectivity index (χ4v) is 4.33. The van der Waals surface area contributed by atoms with Gasteiger partial charge in [0.2, 0.25) is 5.65 Å². The average molecular weight is 352 g/mol. The average Bonchev–Trinajstić information content (AvgIpc) is 3.24. The number of rotatable bonds is 5. The van der Waals surface area contributed by atoms with E-state index in [1.54, 1.807) is 12.5 Å². The van der Waals surface area contributed by atoms with Crippen molar-refractivity contribution in [3.05, 3.63) is 36.7 Å². The predicted octanol–water partition coefficient (Wildman–Crippen LogP) is 1.89. The summed E-state index contributed by atoms with van der Waals surface area (Å²) < 4.78 is 3.93. The van der Waals surface area contributed by atoms with Crippen molar-refractivity contribution in [2.24, 2.45) is 13.0 Å². The molecule has 1 saturated heterocycles. The summed E-state index contributed by atoms with van der Waals surface area (Å²) in [6.07, 6.45) is 12.4. The van der Waals surface area contributed by atoms with E-state index in [0.717, 1.165) is 24.1 Å². The predicted molar refractivity (Wildman–Crippen MR) is 97.7 cm³/mol. The minimum Gasteiger partial charge on any atom is -0.367 e. The maximum atomic E-state index is 4.47. The van der Waals surface area contributed by atoms with E-state index in [1.807, 2.05) is 21.5 Å². The summed E-state index contributed by atoms with van der Waals surface area (Å²) in [6, 6.07) is 3.33. The van der Waals surface area contributed by atoms with E-state index >= 15 is 0 Å². The van der Waals surface area contributed by atoms with Crippen molar-refractivity contribution in [3.63, 3.8) is 0 Å². The molecule has 1 aliphatic heterocycles. The second kappa shape index (κ2) is 6.35. The summed E-state index contributed by atoms with van der Waals surface area (Å²) in [5.41, 5.74) is 2.09. The molecule has 0 unspecified atom stereocenters. The Morgan fingerprint density at radius 1 is 1.23 bits per heavy atom. The summed E-state index contributed by atoms with van der Waals surface area (Å²) in [7, 11) is 2.05. The zero-order valence-electron chi connectivity index (χ0n) is 15.0. The summed E-state index contributed by atoms with van der Waals surface area (Å²) in [5.74, 6) is 1.32. The molecule has 3 aromatic heterocycles. The molecule has 1 N–H and O–H groups in total. The van der Waals surface area contributed by atoms with E-state index in [9.17, 15) is 0 Å². The molecule has 8 nitrogen and oxygen atoms in total. The van der Waals surface area contributed by atoms with Gasteiger partial charge in [0, 0.05) is 38.2 Å². The molecule has 0 amide bonds. The number of hydrogen-bond donors (Lipinski definition) is 1. The highest BCUT2D eigenvalue weighted by atomic mass is 15.3. The van der Waals surface area contributed by atoms with Crippen molar-refractivity contribution >= 4 is 11.5 Å². The lowest BCUT2D eigenvalue weighted by Gasteiger charge is -2.41. The van der Waals surface area contributed by atoms with Crippen LogP contribution in [0.5, 0.6) is 0 Å². The molecule has 26 heavy (non-hydrogen) atoms. The fourth-order valence-electron chi connectivity index (χ4n) is 4.33. The van der Waals surface area contributed by atoms with E-state index in [1.165, 1.54) is 37.9 Å². The van der Waals surface area contributed by atoms with E-state index in [4.69, 9.17) is 0 Å². The van der Waals surface area contributed by atoms with Crippen molar-refractivity contribution in [1.29, 1.82) is 0 Å². The highest BCUT2D eigenvalue weighted by molar-refractivity contribution is 5.61. The molecular formula is C18H24N8. The van der Waals surface area contributed by atoms with Gasteiger partial charge in [-0.3, -0.25) is 14.0 Å². The number of fused-ring (bicyclic) bond motifs is 1. The Hall–Kier alpha value is -2.48. The Bertz CT molecular complexity index is 895. The molecule has 3 aromatic rings. The molecule has 1 aliphatic carbocycles. The molecule has 0 radical (unpaired) electrons. The van der Waals surface area contributed by atoms with Crippen LogP contribution in [0.2, 0.25) is 0 Å². The molecular weight excluding hydrogens is 328 g/mol. The Morgan fingerprint density at radius 3 is 2.96 bits per heavy atom. The van der Waals surface area contributed by atoms with E-state index < -0.39 is 0 Å². The molecule has 2 fully saturated rings. The van der Waals surface area contributed by atoms with Gasteiger partial charge in [0.15, 0.2) is 5.82 Å². The summed E-state index contributed by atoms with van der Waals surface area (Å²) in [6.45, 7) is 2.06. The first-order valence-corrected chi connectivity index (χ1v) is 9.43. The van der Waals surface area contributed by atoms with Crippen LogP contribution in [0.3, 0.4) is 0 Å². The maximum absolute atomic E-state index is 4.47. The van der Waals surface area contributed by atoms with E-state index in [0.29, 0.717) is 12.0 Å². The molecule has 2 atom stereocenters. The van der Waals surface area contributed by atoms with Crippen LogP contribution in [0, 0.1) is 5.92 Å². The first kappa shape index (κ1) is 15.7. The SMILES string of the molecule is Cn1nccc1[C@H]1[C@H](CNc2nccn3cnnc23)CCCN1C1CC1. The molecule has 2 aliphatic rings. The van der Waals surface area contributed by atoms with Crippen LogP contribution in [0.15, 0.2) is 31.0 Å². The first-order valence-electron chi connectivity index (χ1n) is 9.43. The lowest BCUT2D eigenvalue weighted by Crippen LogP contribution is -2.43. The van der Waals surface area contributed by atoms with Gasteiger partial charge in [0.25, 0.3) is 0 Å². The van der Waals surface area contributed by atoms with Crippen molar-refractivity contribution in [2.75, 3.05) is 18.4 Å². The van der Waals surface area contributed by atoms with Crippen molar-refractivity contribution in [1.82, 2.24) is 34.3 Å². The lowest BCUT2D eigenvalue weighted by molar-refractivity contribution is 0.0841.